The van der Waals surface area contributed by atoms with Gasteiger partial charge in [0.25, 0.3) is 5.91 Å². The van der Waals surface area contributed by atoms with Gasteiger partial charge in [-0.3, -0.25) is 14.7 Å². The standard InChI is InChI=1S/C14H14BrClN2O3S/c1-4-21-8-5-7(10(15)11(16)12(8)19)6-9-13(20)18(3)14(17-2)22-9/h5-6,19H,4H2,1-3H3. The van der Waals surface area contributed by atoms with Gasteiger partial charge in [0, 0.05) is 18.6 Å². The predicted molar refractivity (Wildman–Crippen MR) is 93.7 cm³/mol. The van der Waals surface area contributed by atoms with Crippen LogP contribution in [0.4, 0.5) is 0 Å². The summed E-state index contributed by atoms with van der Waals surface area (Å²) in [5.74, 6) is 0.00580. The van der Waals surface area contributed by atoms with Crippen LogP contribution in [0, 0.1) is 0 Å². The molecule has 5 nitrogen and oxygen atoms in total. The second kappa shape index (κ2) is 6.93. The Morgan fingerprint density at radius 3 is 2.82 bits per heavy atom. The normalized spacial score (nSPS) is 18.6. The van der Waals surface area contributed by atoms with Crippen LogP contribution < -0.4 is 4.74 Å². The summed E-state index contributed by atoms with van der Waals surface area (Å²) < 4.78 is 5.86. The molecule has 8 heteroatoms. The van der Waals surface area contributed by atoms with E-state index in [1.165, 1.54) is 16.7 Å². The van der Waals surface area contributed by atoms with Crippen molar-refractivity contribution < 1.29 is 14.6 Å². The van der Waals surface area contributed by atoms with Crippen LogP contribution in [0.25, 0.3) is 6.08 Å². The van der Waals surface area contributed by atoms with E-state index >= 15 is 0 Å². The summed E-state index contributed by atoms with van der Waals surface area (Å²) in [4.78, 5) is 18.2. The Balaban J connectivity index is 2.50. The number of hydrogen-bond acceptors (Lipinski definition) is 5. The molecule has 0 aromatic heterocycles. The maximum Gasteiger partial charge on any atom is 0.266 e. The number of benzene rings is 1. The van der Waals surface area contributed by atoms with E-state index in [9.17, 15) is 9.90 Å². The highest BCUT2D eigenvalue weighted by Gasteiger charge is 2.30. The van der Waals surface area contributed by atoms with Crippen LogP contribution in [0.1, 0.15) is 12.5 Å². The maximum atomic E-state index is 12.2. The summed E-state index contributed by atoms with van der Waals surface area (Å²) in [7, 11) is 3.30. The largest absolute Gasteiger partial charge is 0.503 e. The van der Waals surface area contributed by atoms with Gasteiger partial charge in [-0.2, -0.15) is 0 Å². The minimum Gasteiger partial charge on any atom is -0.503 e. The number of ether oxygens (including phenoxy) is 1. The SMILES string of the molecule is CCOc1cc(C=C2SC(=NC)N(C)C2=O)c(Br)c(Cl)c1O. The van der Waals surface area contributed by atoms with Gasteiger partial charge in [-0.25, -0.2) is 0 Å². The van der Waals surface area contributed by atoms with E-state index in [4.69, 9.17) is 16.3 Å². The molecule has 0 unspecified atom stereocenters. The molecule has 1 aliphatic heterocycles. The van der Waals surface area contributed by atoms with E-state index in [1.807, 2.05) is 6.92 Å². The van der Waals surface area contributed by atoms with Crippen LogP contribution in [0.2, 0.25) is 5.02 Å². The van der Waals surface area contributed by atoms with E-state index in [1.54, 1.807) is 26.2 Å². The number of aliphatic imine (C=N–C) groups is 1. The van der Waals surface area contributed by atoms with E-state index in [0.717, 1.165) is 0 Å². The molecule has 1 aromatic carbocycles. The Hall–Kier alpha value is -1.18. The van der Waals surface area contributed by atoms with Gasteiger partial charge in [-0.05, 0) is 52.3 Å². The van der Waals surface area contributed by atoms with Crippen LogP contribution in [0.15, 0.2) is 20.4 Å². The van der Waals surface area contributed by atoms with Gasteiger partial charge in [-0.15, -0.1) is 0 Å². The molecule has 1 fully saturated rings. The van der Waals surface area contributed by atoms with Crippen molar-refractivity contribution in [3.8, 4) is 11.5 Å². The van der Waals surface area contributed by atoms with Crippen LogP contribution in [0.5, 0.6) is 11.5 Å². The zero-order valence-electron chi connectivity index (χ0n) is 12.2. The topological polar surface area (TPSA) is 62.1 Å². The number of thioether (sulfide) groups is 1. The number of hydrogen-bond donors (Lipinski definition) is 1. The predicted octanol–water partition coefficient (Wildman–Crippen LogP) is 3.74. The lowest BCUT2D eigenvalue weighted by molar-refractivity contribution is -0.121. The molecule has 1 amide bonds. The fourth-order valence-electron chi connectivity index (χ4n) is 1.87. The van der Waals surface area contributed by atoms with Gasteiger partial charge >= 0.3 is 0 Å². The molecule has 1 saturated heterocycles. The van der Waals surface area contributed by atoms with Crippen LogP contribution in [-0.4, -0.2) is 41.8 Å². The number of phenols is 1. The molecule has 118 valence electrons. The zero-order valence-corrected chi connectivity index (χ0v) is 15.3. The number of aromatic hydroxyl groups is 1. The first-order valence-corrected chi connectivity index (χ1v) is 8.37. The number of phenolic OH excluding ortho intramolecular Hbond substituents is 1. The van der Waals surface area contributed by atoms with E-state index in [-0.39, 0.29) is 22.4 Å². The van der Waals surface area contributed by atoms with Crippen molar-refractivity contribution in [1.29, 1.82) is 0 Å². The summed E-state index contributed by atoms with van der Waals surface area (Å²) in [6, 6.07) is 1.64. The second-order valence-electron chi connectivity index (χ2n) is 4.35. The lowest BCUT2D eigenvalue weighted by Gasteiger charge is -2.11. The summed E-state index contributed by atoms with van der Waals surface area (Å²) in [5.41, 5.74) is 0.646. The van der Waals surface area contributed by atoms with Crippen molar-refractivity contribution in [1.82, 2.24) is 4.90 Å². The molecule has 22 heavy (non-hydrogen) atoms. The second-order valence-corrected chi connectivity index (χ2v) is 6.53. The number of halogens is 2. The zero-order chi connectivity index (χ0) is 16.4. The number of amides is 1. The maximum absolute atomic E-state index is 12.2. The monoisotopic (exact) mass is 404 g/mol. The molecule has 1 N–H and O–H groups in total. The van der Waals surface area contributed by atoms with Crippen LogP contribution >= 0.6 is 39.3 Å². The van der Waals surface area contributed by atoms with E-state index in [0.29, 0.717) is 26.7 Å². The molecule has 0 spiro atoms. The fourth-order valence-corrected chi connectivity index (χ4v) is 3.41. The molecule has 0 atom stereocenters. The molecular formula is C14H14BrClN2O3S. The highest BCUT2D eigenvalue weighted by atomic mass is 79.9. The summed E-state index contributed by atoms with van der Waals surface area (Å²) in [5, 5.41) is 10.7. The van der Waals surface area contributed by atoms with Crippen LogP contribution in [0.3, 0.4) is 0 Å². The molecule has 1 heterocycles. The minimum atomic E-state index is -0.139. The van der Waals surface area contributed by atoms with Gasteiger partial charge in [0.05, 0.1) is 11.5 Å². The molecule has 0 aliphatic carbocycles. The van der Waals surface area contributed by atoms with Crippen molar-refractivity contribution in [2.75, 3.05) is 20.7 Å². The first-order chi connectivity index (χ1) is 10.4. The number of rotatable bonds is 3. The lowest BCUT2D eigenvalue weighted by atomic mass is 10.2. The first-order valence-electron chi connectivity index (χ1n) is 6.38. The number of likely N-dealkylation sites (N-methyl/N-ethyl adjacent to an activating group) is 1. The summed E-state index contributed by atoms with van der Waals surface area (Å²) >= 11 is 10.7. The van der Waals surface area contributed by atoms with Gasteiger partial charge in [0.15, 0.2) is 16.7 Å². The third kappa shape index (κ3) is 3.11. The third-order valence-corrected chi connectivity index (χ3v) is 5.56. The lowest BCUT2D eigenvalue weighted by Crippen LogP contribution is -2.23. The van der Waals surface area contributed by atoms with Crippen LogP contribution in [-0.2, 0) is 4.79 Å². The Kier molecular flexibility index (Phi) is 5.41. The smallest absolute Gasteiger partial charge is 0.266 e. The van der Waals surface area contributed by atoms with Crippen molar-refractivity contribution >= 4 is 56.4 Å². The first kappa shape index (κ1) is 17.2. The summed E-state index contributed by atoms with van der Waals surface area (Å²) in [6.07, 6.45) is 1.69. The Bertz CT molecular complexity index is 691. The number of carbonyl (C=O) groups excluding carboxylic acids is 1. The van der Waals surface area contributed by atoms with Crippen molar-refractivity contribution in [3.05, 3.63) is 26.0 Å². The minimum absolute atomic E-state index is 0.129. The Morgan fingerprint density at radius 2 is 2.27 bits per heavy atom. The number of amidine groups is 1. The highest BCUT2D eigenvalue weighted by Crippen LogP contribution is 2.43. The van der Waals surface area contributed by atoms with Crippen molar-refractivity contribution in [2.24, 2.45) is 4.99 Å². The van der Waals surface area contributed by atoms with Gasteiger partial charge in [0.2, 0.25) is 0 Å². The molecule has 0 bridgehead atoms. The van der Waals surface area contributed by atoms with E-state index in [2.05, 4.69) is 20.9 Å². The molecule has 1 aromatic rings. The molecular weight excluding hydrogens is 392 g/mol. The van der Waals surface area contributed by atoms with Gasteiger partial charge in [0.1, 0.15) is 5.02 Å². The Morgan fingerprint density at radius 1 is 1.59 bits per heavy atom. The van der Waals surface area contributed by atoms with Gasteiger partial charge in [-0.1, -0.05) is 11.6 Å². The van der Waals surface area contributed by atoms with Gasteiger partial charge < -0.3 is 9.84 Å². The van der Waals surface area contributed by atoms with E-state index < -0.39 is 0 Å². The molecule has 1 aliphatic rings. The van der Waals surface area contributed by atoms with Crippen molar-refractivity contribution in [3.63, 3.8) is 0 Å². The number of carbonyl (C=O) groups is 1. The van der Waals surface area contributed by atoms with Crippen molar-refractivity contribution in [2.45, 2.75) is 6.92 Å². The molecule has 2 rings (SSSR count). The fraction of sp³-hybridized carbons (Fsp3) is 0.286. The average Bonchev–Trinajstić information content (AvgIpc) is 2.77. The Labute approximate surface area is 146 Å². The highest BCUT2D eigenvalue weighted by molar-refractivity contribution is 9.10. The third-order valence-electron chi connectivity index (χ3n) is 2.96. The quantitative estimate of drug-likeness (QED) is 0.778. The number of nitrogens with zero attached hydrogens (tertiary/aromatic N) is 2. The average molecular weight is 406 g/mol. The summed E-state index contributed by atoms with van der Waals surface area (Å²) in [6.45, 7) is 2.20. The molecule has 0 saturated carbocycles. The molecule has 0 radical (unpaired) electrons.